The maximum absolute atomic E-state index is 12.1. The molecule has 3 heterocycles. The van der Waals surface area contributed by atoms with E-state index in [-0.39, 0.29) is 5.41 Å². The van der Waals surface area contributed by atoms with Crippen LogP contribution in [-0.4, -0.2) is 76.3 Å². The number of anilines is 1. The zero-order valence-electron chi connectivity index (χ0n) is 21.5. The van der Waals surface area contributed by atoms with E-state index in [0.717, 1.165) is 86.9 Å². The topological polar surface area (TPSA) is 93.9 Å². The molecule has 9 heteroatoms. The number of carbonyl (C=O) groups is 1. The van der Waals surface area contributed by atoms with Gasteiger partial charge in [0.05, 0.1) is 24.2 Å². The van der Waals surface area contributed by atoms with Gasteiger partial charge in [-0.15, -0.1) is 10.2 Å². The molecule has 4 rings (SSSR count). The Hall–Kier alpha value is -2.78. The Bertz CT molecular complexity index is 1150. The van der Waals surface area contributed by atoms with E-state index in [9.17, 15) is 4.79 Å². The molecule has 1 aromatic carbocycles. The summed E-state index contributed by atoms with van der Waals surface area (Å²) in [6, 6.07) is 5.98. The predicted molar refractivity (Wildman–Crippen MR) is 137 cm³/mol. The zero-order valence-corrected chi connectivity index (χ0v) is 21.5. The van der Waals surface area contributed by atoms with E-state index in [4.69, 9.17) is 14.5 Å². The number of hydrogen-bond donors (Lipinski definition) is 1. The zero-order chi connectivity index (χ0) is 24.8. The molecule has 0 radical (unpaired) electrons. The first-order valence-electron chi connectivity index (χ1n) is 12.7. The van der Waals surface area contributed by atoms with Crippen molar-refractivity contribution in [2.24, 2.45) is 5.41 Å². The number of unbranched alkanes of at least 4 members (excludes halogenated alkanes) is 2. The summed E-state index contributed by atoms with van der Waals surface area (Å²) < 4.78 is 13.5. The highest BCUT2D eigenvalue weighted by Crippen LogP contribution is 2.25. The molecule has 1 N–H and O–H groups in total. The van der Waals surface area contributed by atoms with E-state index >= 15 is 0 Å². The number of ketones is 1. The lowest BCUT2D eigenvalue weighted by Gasteiger charge is -2.26. The second-order valence-corrected chi connectivity index (χ2v) is 10.2. The predicted octanol–water partition coefficient (Wildman–Crippen LogP) is 3.88. The lowest BCUT2D eigenvalue weighted by Crippen LogP contribution is -2.38. The van der Waals surface area contributed by atoms with E-state index in [1.165, 1.54) is 0 Å². The standard InChI is InChI=1S/C26H38N6O3/c1-19-29-30-25-24(27-11-7-5-6-8-23(33)26(2,3)4)28-21-18-20(9-10-22(21)32(19)25)35-17-14-31-12-15-34-16-13-31/h9-10,18H,5-8,11-17H2,1-4H3,(H,27,28). The lowest BCUT2D eigenvalue weighted by molar-refractivity contribution is -0.126. The summed E-state index contributed by atoms with van der Waals surface area (Å²) >= 11 is 0. The summed E-state index contributed by atoms with van der Waals surface area (Å²) in [5, 5.41) is 12.1. The van der Waals surface area contributed by atoms with Crippen molar-refractivity contribution in [1.82, 2.24) is 24.5 Å². The normalized spacial score (nSPS) is 15.1. The van der Waals surface area contributed by atoms with Gasteiger partial charge in [-0.3, -0.25) is 14.1 Å². The number of rotatable bonds is 11. The minimum atomic E-state index is -0.254. The highest BCUT2D eigenvalue weighted by atomic mass is 16.5. The van der Waals surface area contributed by atoms with Gasteiger partial charge in [0.15, 0.2) is 5.82 Å². The molecule has 2 aromatic heterocycles. The third-order valence-corrected chi connectivity index (χ3v) is 6.45. The van der Waals surface area contributed by atoms with Gasteiger partial charge in [0.25, 0.3) is 0 Å². The fraction of sp³-hybridized carbons (Fsp3) is 0.615. The van der Waals surface area contributed by atoms with E-state index in [2.05, 4.69) is 20.4 Å². The average molecular weight is 483 g/mol. The molecule has 0 aliphatic carbocycles. The minimum absolute atomic E-state index is 0.254. The first-order chi connectivity index (χ1) is 16.8. The number of aryl methyl sites for hydroxylation is 1. The van der Waals surface area contributed by atoms with E-state index < -0.39 is 0 Å². The van der Waals surface area contributed by atoms with Gasteiger partial charge in [-0.1, -0.05) is 27.2 Å². The van der Waals surface area contributed by atoms with Crippen molar-refractivity contribution in [1.29, 1.82) is 0 Å². The second-order valence-electron chi connectivity index (χ2n) is 10.2. The van der Waals surface area contributed by atoms with Crippen molar-refractivity contribution in [3.05, 3.63) is 24.0 Å². The number of Topliss-reactive ketones (excluding diaryl/α,β-unsaturated/α-hetero) is 1. The molecule has 0 amide bonds. The smallest absolute Gasteiger partial charge is 0.204 e. The van der Waals surface area contributed by atoms with E-state index in [1.807, 2.05) is 50.3 Å². The lowest BCUT2D eigenvalue weighted by atomic mass is 9.88. The molecule has 0 unspecified atom stereocenters. The van der Waals surface area contributed by atoms with Gasteiger partial charge in [-0.25, -0.2) is 4.98 Å². The second kappa shape index (κ2) is 11.3. The van der Waals surface area contributed by atoms with Crippen LogP contribution in [0.3, 0.4) is 0 Å². The van der Waals surface area contributed by atoms with Gasteiger partial charge in [0.1, 0.15) is 24.0 Å². The average Bonchev–Trinajstić information content (AvgIpc) is 3.23. The van der Waals surface area contributed by atoms with Gasteiger partial charge in [0.2, 0.25) is 5.65 Å². The van der Waals surface area contributed by atoms with Crippen molar-refractivity contribution < 1.29 is 14.3 Å². The molecule has 190 valence electrons. The number of hydrogen-bond acceptors (Lipinski definition) is 8. The molecule has 3 aromatic rings. The van der Waals surface area contributed by atoms with Crippen molar-refractivity contribution >= 4 is 28.3 Å². The Kier molecular flexibility index (Phi) is 8.18. The van der Waals surface area contributed by atoms with Crippen LogP contribution in [0.4, 0.5) is 5.82 Å². The monoisotopic (exact) mass is 482 g/mol. The number of carbonyl (C=O) groups excluding carboxylic acids is 1. The Morgan fingerprint density at radius 2 is 1.94 bits per heavy atom. The Balaban J connectivity index is 1.38. The van der Waals surface area contributed by atoms with Crippen LogP contribution in [-0.2, 0) is 9.53 Å². The largest absolute Gasteiger partial charge is 0.492 e. The van der Waals surface area contributed by atoms with Crippen LogP contribution in [0.25, 0.3) is 16.7 Å². The number of benzene rings is 1. The highest BCUT2D eigenvalue weighted by molar-refractivity contribution is 5.84. The Morgan fingerprint density at radius 1 is 1.14 bits per heavy atom. The molecule has 0 bridgehead atoms. The van der Waals surface area contributed by atoms with Crippen LogP contribution in [0.15, 0.2) is 18.2 Å². The number of fused-ring (bicyclic) bond motifs is 3. The maximum Gasteiger partial charge on any atom is 0.204 e. The molecule has 35 heavy (non-hydrogen) atoms. The van der Waals surface area contributed by atoms with Gasteiger partial charge in [0, 0.05) is 44.1 Å². The summed E-state index contributed by atoms with van der Waals surface area (Å²) in [6.07, 6.45) is 3.50. The summed E-state index contributed by atoms with van der Waals surface area (Å²) in [6.45, 7) is 13.7. The first kappa shape index (κ1) is 25.3. The Morgan fingerprint density at radius 3 is 2.71 bits per heavy atom. The summed E-state index contributed by atoms with van der Waals surface area (Å²) in [7, 11) is 0. The van der Waals surface area contributed by atoms with E-state index in [0.29, 0.717) is 24.6 Å². The SMILES string of the molecule is Cc1nnc2c(NCCCCCC(=O)C(C)(C)C)nc3cc(OCCN4CCOCC4)ccc3n12. The summed E-state index contributed by atoms with van der Waals surface area (Å²) in [4.78, 5) is 19.3. The van der Waals surface area contributed by atoms with Gasteiger partial charge in [-0.05, 0) is 31.9 Å². The molecule has 9 nitrogen and oxygen atoms in total. The molecule has 1 aliphatic rings. The van der Waals surface area contributed by atoms with Crippen molar-refractivity contribution in [2.75, 3.05) is 51.3 Å². The number of aromatic nitrogens is 4. The molecule has 0 spiro atoms. The van der Waals surface area contributed by atoms with Gasteiger partial charge in [-0.2, -0.15) is 0 Å². The number of nitrogens with zero attached hydrogens (tertiary/aromatic N) is 5. The quantitative estimate of drug-likeness (QED) is 0.412. The fourth-order valence-corrected chi connectivity index (χ4v) is 4.25. The van der Waals surface area contributed by atoms with Crippen molar-refractivity contribution in [2.45, 2.75) is 53.4 Å². The molecule has 1 saturated heterocycles. The van der Waals surface area contributed by atoms with Crippen LogP contribution in [0.1, 0.15) is 52.3 Å². The summed E-state index contributed by atoms with van der Waals surface area (Å²) in [5.74, 6) is 2.66. The molecular weight excluding hydrogens is 444 g/mol. The highest BCUT2D eigenvalue weighted by Gasteiger charge is 2.20. The van der Waals surface area contributed by atoms with Crippen LogP contribution < -0.4 is 10.1 Å². The van der Waals surface area contributed by atoms with Gasteiger partial charge >= 0.3 is 0 Å². The molecule has 1 aliphatic heterocycles. The van der Waals surface area contributed by atoms with Crippen molar-refractivity contribution in [3.63, 3.8) is 0 Å². The summed E-state index contributed by atoms with van der Waals surface area (Å²) in [5.41, 5.74) is 2.26. The maximum atomic E-state index is 12.1. The van der Waals surface area contributed by atoms with Crippen molar-refractivity contribution in [3.8, 4) is 5.75 Å². The Labute approximate surface area is 207 Å². The first-order valence-corrected chi connectivity index (χ1v) is 12.7. The van der Waals surface area contributed by atoms with Crippen LogP contribution in [0.2, 0.25) is 0 Å². The third-order valence-electron chi connectivity index (χ3n) is 6.45. The number of nitrogens with one attached hydrogen (secondary N) is 1. The fourth-order valence-electron chi connectivity index (χ4n) is 4.25. The third kappa shape index (κ3) is 6.46. The van der Waals surface area contributed by atoms with E-state index in [1.54, 1.807) is 0 Å². The molecule has 0 atom stereocenters. The van der Waals surface area contributed by atoms with Crippen LogP contribution in [0.5, 0.6) is 5.75 Å². The number of ether oxygens (including phenoxy) is 2. The molecular formula is C26H38N6O3. The molecule has 0 saturated carbocycles. The number of morpholine rings is 1. The van der Waals surface area contributed by atoms with Gasteiger partial charge < -0.3 is 14.8 Å². The minimum Gasteiger partial charge on any atom is -0.492 e. The van der Waals surface area contributed by atoms with Crippen LogP contribution in [0, 0.1) is 12.3 Å². The van der Waals surface area contributed by atoms with Crippen LogP contribution >= 0.6 is 0 Å². The molecule has 1 fully saturated rings.